The van der Waals surface area contributed by atoms with Gasteiger partial charge in [0.25, 0.3) is 0 Å². The third kappa shape index (κ3) is 6.11. The van der Waals surface area contributed by atoms with Crippen LogP contribution in [0.2, 0.25) is 0 Å². The average Bonchev–Trinajstić information content (AvgIpc) is 2.88. The zero-order chi connectivity index (χ0) is 25.2. The number of hydrogen-bond donors (Lipinski definition) is 0. The average molecular weight is 483 g/mol. The van der Waals surface area contributed by atoms with Crippen LogP contribution in [0.3, 0.4) is 0 Å². The number of aryl methyl sites for hydroxylation is 1. The highest BCUT2D eigenvalue weighted by molar-refractivity contribution is 5.85. The number of rotatable bonds is 14. The molecular formula is C29H38O6. The van der Waals surface area contributed by atoms with Gasteiger partial charge in [0.05, 0.1) is 39.4 Å². The SMILES string of the molecule is CCCCCCCCCCc1ccc2c(=O)c(OC)c(-c3ccc(OC)c(OC)c3OC)oc2c1. The van der Waals surface area contributed by atoms with Gasteiger partial charge in [-0.25, -0.2) is 0 Å². The van der Waals surface area contributed by atoms with Crippen molar-refractivity contribution >= 4 is 11.0 Å². The van der Waals surface area contributed by atoms with Crippen LogP contribution in [0.5, 0.6) is 23.0 Å². The largest absolute Gasteiger partial charge is 0.493 e. The smallest absolute Gasteiger partial charge is 0.235 e. The van der Waals surface area contributed by atoms with Gasteiger partial charge in [-0.05, 0) is 42.7 Å². The van der Waals surface area contributed by atoms with E-state index in [2.05, 4.69) is 6.92 Å². The Bertz CT molecular complexity index is 1160. The van der Waals surface area contributed by atoms with Crippen LogP contribution in [-0.4, -0.2) is 28.4 Å². The fourth-order valence-corrected chi connectivity index (χ4v) is 4.48. The monoisotopic (exact) mass is 482 g/mol. The first-order valence-corrected chi connectivity index (χ1v) is 12.5. The standard InChI is InChI=1S/C29H38O6/c1-6-7-8-9-10-11-12-13-14-20-15-16-21-24(19-20)35-27(29(34-5)25(21)30)22-17-18-23(31-2)28(33-4)26(22)32-3/h15-19H,6-14H2,1-5H3. The van der Waals surface area contributed by atoms with E-state index in [9.17, 15) is 4.79 Å². The first-order chi connectivity index (χ1) is 17.1. The Labute approximate surface area is 208 Å². The Morgan fingerprint density at radius 1 is 0.714 bits per heavy atom. The molecule has 35 heavy (non-hydrogen) atoms. The molecule has 0 N–H and O–H groups in total. The Morgan fingerprint density at radius 2 is 1.37 bits per heavy atom. The summed E-state index contributed by atoms with van der Waals surface area (Å²) in [6.07, 6.45) is 11.2. The number of ether oxygens (including phenoxy) is 4. The quantitative estimate of drug-likeness (QED) is 0.227. The first kappa shape index (κ1) is 26.5. The van der Waals surface area contributed by atoms with Gasteiger partial charge in [0, 0.05) is 0 Å². The van der Waals surface area contributed by atoms with E-state index in [1.54, 1.807) is 19.2 Å². The van der Waals surface area contributed by atoms with Gasteiger partial charge in [0.2, 0.25) is 16.9 Å². The molecule has 0 unspecified atom stereocenters. The molecule has 0 spiro atoms. The highest BCUT2D eigenvalue weighted by atomic mass is 16.5. The van der Waals surface area contributed by atoms with Crippen LogP contribution < -0.4 is 24.4 Å². The minimum Gasteiger partial charge on any atom is -0.493 e. The van der Waals surface area contributed by atoms with Gasteiger partial charge in [-0.3, -0.25) is 4.79 Å². The number of benzene rings is 2. The molecule has 1 heterocycles. The maximum atomic E-state index is 13.3. The maximum Gasteiger partial charge on any atom is 0.235 e. The van der Waals surface area contributed by atoms with Crippen LogP contribution in [0.4, 0.5) is 0 Å². The molecule has 190 valence electrons. The van der Waals surface area contributed by atoms with Gasteiger partial charge in [0.1, 0.15) is 5.58 Å². The van der Waals surface area contributed by atoms with E-state index in [0.717, 1.165) is 18.4 Å². The molecule has 6 heteroatoms. The second-order valence-electron chi connectivity index (χ2n) is 8.73. The number of methoxy groups -OCH3 is 4. The van der Waals surface area contributed by atoms with Crippen molar-refractivity contribution in [3.63, 3.8) is 0 Å². The summed E-state index contributed by atoms with van der Waals surface area (Å²) < 4.78 is 28.3. The third-order valence-corrected chi connectivity index (χ3v) is 6.39. The van der Waals surface area contributed by atoms with Crippen LogP contribution in [0.25, 0.3) is 22.3 Å². The summed E-state index contributed by atoms with van der Waals surface area (Å²) in [5.41, 5.74) is 2.01. The summed E-state index contributed by atoms with van der Waals surface area (Å²) in [7, 11) is 6.09. The summed E-state index contributed by atoms with van der Waals surface area (Å²) in [4.78, 5) is 13.3. The summed E-state index contributed by atoms with van der Waals surface area (Å²) >= 11 is 0. The van der Waals surface area contributed by atoms with Crippen molar-refractivity contribution in [2.75, 3.05) is 28.4 Å². The Kier molecular flexibility index (Phi) is 9.88. The normalized spacial score (nSPS) is 11.0. The molecule has 3 aromatic rings. The van der Waals surface area contributed by atoms with E-state index in [4.69, 9.17) is 23.4 Å². The molecule has 2 aromatic carbocycles. The Morgan fingerprint density at radius 3 is 2.00 bits per heavy atom. The van der Waals surface area contributed by atoms with Gasteiger partial charge in [0.15, 0.2) is 17.3 Å². The summed E-state index contributed by atoms with van der Waals surface area (Å²) in [6, 6.07) is 9.33. The lowest BCUT2D eigenvalue weighted by atomic mass is 10.0. The van der Waals surface area contributed by atoms with Crippen LogP contribution >= 0.6 is 0 Å². The van der Waals surface area contributed by atoms with Crippen molar-refractivity contribution in [2.45, 2.75) is 64.7 Å². The predicted molar refractivity (Wildman–Crippen MR) is 140 cm³/mol. The van der Waals surface area contributed by atoms with Crippen LogP contribution in [-0.2, 0) is 6.42 Å². The van der Waals surface area contributed by atoms with Gasteiger partial charge in [-0.2, -0.15) is 0 Å². The van der Waals surface area contributed by atoms with Crippen molar-refractivity contribution in [3.05, 3.63) is 46.1 Å². The number of hydrogen-bond acceptors (Lipinski definition) is 6. The Balaban J connectivity index is 1.89. The van der Waals surface area contributed by atoms with E-state index in [1.807, 2.05) is 18.2 Å². The zero-order valence-electron chi connectivity index (χ0n) is 21.7. The highest BCUT2D eigenvalue weighted by Crippen LogP contribution is 2.46. The summed E-state index contributed by atoms with van der Waals surface area (Å²) in [6.45, 7) is 2.25. The van der Waals surface area contributed by atoms with E-state index in [1.165, 1.54) is 66.3 Å². The van der Waals surface area contributed by atoms with E-state index >= 15 is 0 Å². The number of fused-ring (bicyclic) bond motifs is 1. The number of unbranched alkanes of at least 4 members (excludes halogenated alkanes) is 7. The molecule has 0 aliphatic carbocycles. The molecule has 3 rings (SSSR count). The molecule has 0 bridgehead atoms. The fraction of sp³-hybridized carbons (Fsp3) is 0.483. The molecule has 1 aromatic heterocycles. The van der Waals surface area contributed by atoms with Crippen molar-refractivity contribution in [2.24, 2.45) is 0 Å². The van der Waals surface area contributed by atoms with E-state index in [0.29, 0.717) is 39.5 Å². The summed E-state index contributed by atoms with van der Waals surface area (Å²) in [5.74, 6) is 1.76. The molecule has 0 amide bonds. The molecule has 6 nitrogen and oxygen atoms in total. The van der Waals surface area contributed by atoms with Crippen molar-refractivity contribution in [1.82, 2.24) is 0 Å². The first-order valence-electron chi connectivity index (χ1n) is 12.5. The van der Waals surface area contributed by atoms with Gasteiger partial charge >= 0.3 is 0 Å². The maximum absolute atomic E-state index is 13.3. The second kappa shape index (κ2) is 13.1. The topological polar surface area (TPSA) is 67.1 Å². The fourth-order valence-electron chi connectivity index (χ4n) is 4.48. The van der Waals surface area contributed by atoms with Crippen molar-refractivity contribution < 1.29 is 23.4 Å². The van der Waals surface area contributed by atoms with Crippen molar-refractivity contribution in [1.29, 1.82) is 0 Å². The van der Waals surface area contributed by atoms with Crippen LogP contribution in [0.1, 0.15) is 63.9 Å². The van der Waals surface area contributed by atoms with Crippen LogP contribution in [0.15, 0.2) is 39.5 Å². The second-order valence-corrected chi connectivity index (χ2v) is 8.73. The zero-order valence-corrected chi connectivity index (χ0v) is 21.7. The van der Waals surface area contributed by atoms with Gasteiger partial charge in [-0.1, -0.05) is 57.9 Å². The lowest BCUT2D eigenvalue weighted by molar-refractivity contribution is 0.324. The Hall–Kier alpha value is -3.15. The molecule has 0 saturated carbocycles. The third-order valence-electron chi connectivity index (χ3n) is 6.39. The highest BCUT2D eigenvalue weighted by Gasteiger charge is 2.24. The van der Waals surface area contributed by atoms with Crippen LogP contribution in [0, 0.1) is 0 Å². The minimum absolute atomic E-state index is 0.124. The molecule has 0 radical (unpaired) electrons. The molecule has 0 atom stereocenters. The summed E-state index contributed by atoms with van der Waals surface area (Å²) in [5, 5.41) is 0.490. The van der Waals surface area contributed by atoms with E-state index in [-0.39, 0.29) is 11.2 Å². The van der Waals surface area contributed by atoms with Gasteiger partial charge in [-0.15, -0.1) is 0 Å². The molecule has 0 aliphatic heterocycles. The van der Waals surface area contributed by atoms with Crippen molar-refractivity contribution in [3.8, 4) is 34.3 Å². The van der Waals surface area contributed by atoms with Gasteiger partial charge < -0.3 is 23.4 Å². The lowest BCUT2D eigenvalue weighted by Crippen LogP contribution is -2.08. The van der Waals surface area contributed by atoms with E-state index < -0.39 is 0 Å². The lowest BCUT2D eigenvalue weighted by Gasteiger charge is -2.17. The molecule has 0 fully saturated rings. The minimum atomic E-state index is -0.223. The molecule has 0 aliphatic rings. The predicted octanol–water partition coefficient (Wildman–Crippen LogP) is 7.18. The molecular weight excluding hydrogens is 444 g/mol. The molecule has 0 saturated heterocycles.